The first-order valence-corrected chi connectivity index (χ1v) is 10.6. The molecule has 2 aromatic rings. The lowest BCUT2D eigenvalue weighted by atomic mass is 10.1. The summed E-state index contributed by atoms with van der Waals surface area (Å²) >= 11 is 0. The number of methoxy groups -OCH3 is 2. The first kappa shape index (κ1) is 21.6. The van der Waals surface area contributed by atoms with Crippen molar-refractivity contribution in [3.05, 3.63) is 53.6 Å². The Morgan fingerprint density at radius 2 is 1.75 bits per heavy atom. The van der Waals surface area contributed by atoms with Gasteiger partial charge in [-0.05, 0) is 49.7 Å². The van der Waals surface area contributed by atoms with Gasteiger partial charge in [0.05, 0.1) is 20.0 Å². The number of rotatable bonds is 9. The second kappa shape index (κ2) is 9.45. The van der Waals surface area contributed by atoms with E-state index in [0.29, 0.717) is 35.8 Å². The van der Waals surface area contributed by atoms with E-state index in [2.05, 4.69) is 4.72 Å². The van der Waals surface area contributed by atoms with Crippen molar-refractivity contribution in [1.82, 2.24) is 4.90 Å². The second-order valence-electron chi connectivity index (χ2n) is 6.09. The number of nitrogens with one attached hydrogen (secondary N) is 1. The van der Waals surface area contributed by atoms with Crippen LogP contribution in [0.5, 0.6) is 11.5 Å². The molecule has 0 bridgehead atoms. The second-order valence-corrected chi connectivity index (χ2v) is 8.11. The molecule has 0 saturated carbocycles. The van der Waals surface area contributed by atoms with Crippen LogP contribution in [0.3, 0.4) is 0 Å². The maximum atomic E-state index is 12.9. The van der Waals surface area contributed by atoms with E-state index in [1.165, 1.54) is 0 Å². The topological polar surface area (TPSA) is 84.9 Å². The molecule has 152 valence electrons. The van der Waals surface area contributed by atoms with Gasteiger partial charge in [-0.25, -0.2) is 8.42 Å². The summed E-state index contributed by atoms with van der Waals surface area (Å²) in [6.45, 7) is 4.33. The summed E-state index contributed by atoms with van der Waals surface area (Å²) in [5, 5.41) is 0. The summed E-state index contributed by atoms with van der Waals surface area (Å²) in [6, 6.07) is 12.0. The lowest BCUT2D eigenvalue weighted by Gasteiger charge is -2.22. The number of carbonyl (C=O) groups is 1. The van der Waals surface area contributed by atoms with Crippen molar-refractivity contribution in [2.45, 2.75) is 20.4 Å². The van der Waals surface area contributed by atoms with Gasteiger partial charge in [0, 0.05) is 24.3 Å². The van der Waals surface area contributed by atoms with E-state index in [1.54, 1.807) is 56.4 Å². The van der Waals surface area contributed by atoms with E-state index in [9.17, 15) is 13.2 Å². The van der Waals surface area contributed by atoms with Gasteiger partial charge in [-0.3, -0.25) is 9.52 Å². The van der Waals surface area contributed by atoms with E-state index in [4.69, 9.17) is 9.47 Å². The number of sulfonamides is 1. The molecule has 0 aliphatic carbocycles. The molecule has 0 fully saturated rings. The molecule has 2 aromatic carbocycles. The Labute approximate surface area is 166 Å². The summed E-state index contributed by atoms with van der Waals surface area (Å²) in [5.41, 5.74) is 1.68. The number of carbonyl (C=O) groups excluding carboxylic acids is 1. The van der Waals surface area contributed by atoms with Gasteiger partial charge in [0.1, 0.15) is 0 Å². The van der Waals surface area contributed by atoms with Gasteiger partial charge in [-0.1, -0.05) is 12.1 Å². The number of benzene rings is 2. The minimum atomic E-state index is -3.40. The predicted molar refractivity (Wildman–Crippen MR) is 109 cm³/mol. The van der Waals surface area contributed by atoms with Crippen LogP contribution in [0, 0.1) is 0 Å². The molecule has 2 rings (SSSR count). The Kier molecular flexibility index (Phi) is 7.28. The fourth-order valence-corrected chi connectivity index (χ4v) is 3.31. The summed E-state index contributed by atoms with van der Waals surface area (Å²) in [4.78, 5) is 14.6. The van der Waals surface area contributed by atoms with Crippen molar-refractivity contribution in [1.29, 1.82) is 0 Å². The highest BCUT2D eigenvalue weighted by Gasteiger charge is 2.17. The van der Waals surface area contributed by atoms with Gasteiger partial charge >= 0.3 is 0 Å². The average Bonchev–Trinajstić information content (AvgIpc) is 2.71. The van der Waals surface area contributed by atoms with Crippen LogP contribution < -0.4 is 14.2 Å². The van der Waals surface area contributed by atoms with Crippen molar-refractivity contribution < 1.29 is 22.7 Å². The van der Waals surface area contributed by atoms with Crippen LogP contribution in [0.2, 0.25) is 0 Å². The summed E-state index contributed by atoms with van der Waals surface area (Å²) in [5.74, 6) is 0.997. The Hall–Kier alpha value is -2.74. The smallest absolute Gasteiger partial charge is 0.254 e. The van der Waals surface area contributed by atoms with Crippen molar-refractivity contribution in [2.24, 2.45) is 0 Å². The van der Waals surface area contributed by atoms with Crippen LogP contribution >= 0.6 is 0 Å². The van der Waals surface area contributed by atoms with Crippen LogP contribution in [0.15, 0.2) is 42.5 Å². The van der Waals surface area contributed by atoms with Crippen LogP contribution in [-0.2, 0) is 16.6 Å². The number of anilines is 1. The molecular formula is C20H26N2O5S. The van der Waals surface area contributed by atoms with Crippen molar-refractivity contribution in [3.8, 4) is 11.5 Å². The predicted octanol–water partition coefficient (Wildman–Crippen LogP) is 3.13. The molecule has 7 nitrogen and oxygen atoms in total. The highest BCUT2D eigenvalue weighted by Crippen LogP contribution is 2.28. The molecule has 0 spiro atoms. The summed E-state index contributed by atoms with van der Waals surface area (Å²) in [7, 11) is -0.273. The fourth-order valence-electron chi connectivity index (χ4n) is 2.68. The molecule has 0 aromatic heterocycles. The Balaban J connectivity index is 2.22. The van der Waals surface area contributed by atoms with Gasteiger partial charge in [-0.2, -0.15) is 0 Å². The first-order chi connectivity index (χ1) is 13.3. The average molecular weight is 407 g/mol. The van der Waals surface area contributed by atoms with Crippen molar-refractivity contribution in [2.75, 3.05) is 31.2 Å². The van der Waals surface area contributed by atoms with Crippen LogP contribution in [0.1, 0.15) is 29.8 Å². The van der Waals surface area contributed by atoms with Crippen molar-refractivity contribution >= 4 is 21.6 Å². The lowest BCUT2D eigenvalue weighted by molar-refractivity contribution is 0.0752. The molecule has 0 aliphatic heterocycles. The third-order valence-electron chi connectivity index (χ3n) is 4.25. The van der Waals surface area contributed by atoms with E-state index in [0.717, 1.165) is 5.56 Å². The minimum absolute atomic E-state index is 0.0361. The number of nitrogens with zero attached hydrogens (tertiary/aromatic N) is 1. The van der Waals surface area contributed by atoms with E-state index in [-0.39, 0.29) is 11.7 Å². The zero-order chi connectivity index (χ0) is 20.7. The maximum absolute atomic E-state index is 12.9. The van der Waals surface area contributed by atoms with Gasteiger partial charge in [-0.15, -0.1) is 0 Å². The number of ether oxygens (including phenoxy) is 2. The quantitative estimate of drug-likeness (QED) is 0.692. The third kappa shape index (κ3) is 5.39. The van der Waals surface area contributed by atoms with Gasteiger partial charge in [0.25, 0.3) is 5.91 Å². The number of hydrogen-bond acceptors (Lipinski definition) is 5. The molecule has 28 heavy (non-hydrogen) atoms. The fraction of sp³-hybridized carbons (Fsp3) is 0.350. The zero-order valence-corrected chi connectivity index (χ0v) is 17.4. The normalized spacial score (nSPS) is 11.0. The highest BCUT2D eigenvalue weighted by molar-refractivity contribution is 7.92. The summed E-state index contributed by atoms with van der Waals surface area (Å²) < 4.78 is 36.6. The van der Waals surface area contributed by atoms with Crippen molar-refractivity contribution in [3.63, 3.8) is 0 Å². The van der Waals surface area contributed by atoms with E-state index in [1.807, 2.05) is 19.1 Å². The van der Waals surface area contributed by atoms with Gasteiger partial charge in [0.15, 0.2) is 11.5 Å². The molecular weight excluding hydrogens is 380 g/mol. The van der Waals surface area contributed by atoms with E-state index >= 15 is 0 Å². The standard InChI is InChI=1S/C20H26N2O5S/c1-5-22(14-15-10-11-18(26-3)19(12-15)27-4)20(23)16-8-7-9-17(13-16)21-28(24,25)6-2/h7-13,21H,5-6,14H2,1-4H3. The molecule has 1 amide bonds. The molecule has 8 heteroatoms. The van der Waals surface area contributed by atoms with Crippen LogP contribution in [0.25, 0.3) is 0 Å². The lowest BCUT2D eigenvalue weighted by Crippen LogP contribution is -2.30. The largest absolute Gasteiger partial charge is 0.493 e. The Bertz CT molecular complexity index is 928. The highest BCUT2D eigenvalue weighted by atomic mass is 32.2. The summed E-state index contributed by atoms with van der Waals surface area (Å²) in [6.07, 6.45) is 0. The Morgan fingerprint density at radius 1 is 1.04 bits per heavy atom. The molecule has 0 unspecified atom stereocenters. The Morgan fingerprint density at radius 3 is 2.36 bits per heavy atom. The molecule has 0 radical (unpaired) electrons. The van der Waals surface area contributed by atoms with E-state index < -0.39 is 10.0 Å². The molecule has 0 saturated heterocycles. The van der Waals surface area contributed by atoms with Gasteiger partial charge in [0.2, 0.25) is 10.0 Å². The molecule has 0 atom stereocenters. The maximum Gasteiger partial charge on any atom is 0.254 e. The SMILES string of the molecule is CCN(Cc1ccc(OC)c(OC)c1)C(=O)c1cccc(NS(=O)(=O)CC)c1. The minimum Gasteiger partial charge on any atom is -0.493 e. The van der Waals surface area contributed by atoms with Crippen LogP contribution in [0.4, 0.5) is 5.69 Å². The molecule has 1 N–H and O–H groups in total. The first-order valence-electron chi connectivity index (χ1n) is 8.94. The number of amides is 1. The molecule has 0 aliphatic rings. The van der Waals surface area contributed by atoms with Crippen LogP contribution in [-0.4, -0.2) is 45.7 Å². The number of hydrogen-bond donors (Lipinski definition) is 1. The molecule has 0 heterocycles. The monoisotopic (exact) mass is 406 g/mol. The van der Waals surface area contributed by atoms with Gasteiger partial charge < -0.3 is 14.4 Å². The third-order valence-corrected chi connectivity index (χ3v) is 5.56. The zero-order valence-electron chi connectivity index (χ0n) is 16.6.